The van der Waals surface area contributed by atoms with E-state index in [1.54, 1.807) is 30.3 Å². The topological polar surface area (TPSA) is 58.2 Å². The highest BCUT2D eigenvalue weighted by Gasteiger charge is 2.67. The summed E-state index contributed by atoms with van der Waals surface area (Å²) in [5, 5.41) is 6.72. The zero-order chi connectivity index (χ0) is 22.2. The van der Waals surface area contributed by atoms with E-state index < -0.39 is 16.2 Å². The van der Waals surface area contributed by atoms with E-state index in [0.29, 0.717) is 33.8 Å². The Balaban J connectivity index is 1.76. The van der Waals surface area contributed by atoms with Crippen molar-refractivity contribution in [2.75, 3.05) is 11.9 Å². The van der Waals surface area contributed by atoms with Gasteiger partial charge in [-0.25, -0.2) is 0 Å². The van der Waals surface area contributed by atoms with Gasteiger partial charge in [-0.1, -0.05) is 48.7 Å². The lowest BCUT2D eigenvalue weighted by Crippen LogP contribution is -2.27. The van der Waals surface area contributed by atoms with Crippen LogP contribution in [-0.2, 0) is 4.79 Å². The molecule has 0 bridgehead atoms. The third kappa shape index (κ3) is 5.17. The van der Waals surface area contributed by atoms with Gasteiger partial charge in [-0.05, 0) is 47.9 Å². The third-order valence-electron chi connectivity index (χ3n) is 4.73. The summed E-state index contributed by atoms with van der Waals surface area (Å²) >= 11 is 31.0. The molecule has 0 heterocycles. The van der Waals surface area contributed by atoms with Gasteiger partial charge in [-0.2, -0.15) is 0 Å². The predicted octanol–water partition coefficient (Wildman–Crippen LogP) is 6.56. The maximum atomic E-state index is 12.8. The van der Waals surface area contributed by atoms with E-state index in [1.807, 2.05) is 13.8 Å². The van der Waals surface area contributed by atoms with Crippen molar-refractivity contribution in [2.24, 2.45) is 11.8 Å². The fraction of sp³-hybridized carbons (Fsp3) is 0.333. The molecule has 0 unspecified atom stereocenters. The summed E-state index contributed by atoms with van der Waals surface area (Å²) in [6, 6.07) is 9.64. The Morgan fingerprint density at radius 3 is 2.27 bits per heavy atom. The summed E-state index contributed by atoms with van der Waals surface area (Å²) in [4.78, 5) is 25.2. The minimum Gasteiger partial charge on any atom is -0.352 e. The maximum absolute atomic E-state index is 12.8. The zero-order valence-corrected chi connectivity index (χ0v) is 19.9. The van der Waals surface area contributed by atoms with Gasteiger partial charge in [0.25, 0.3) is 5.91 Å². The van der Waals surface area contributed by atoms with Crippen LogP contribution < -0.4 is 10.6 Å². The molecular formula is C21H19Cl5N2O2. The van der Waals surface area contributed by atoms with Gasteiger partial charge >= 0.3 is 0 Å². The Labute approximate surface area is 200 Å². The second kappa shape index (κ2) is 9.13. The molecule has 1 saturated carbocycles. The number of alkyl halides is 2. The monoisotopic (exact) mass is 506 g/mol. The number of hydrogen-bond donors (Lipinski definition) is 2. The first-order valence-electron chi connectivity index (χ1n) is 9.23. The van der Waals surface area contributed by atoms with Crippen molar-refractivity contribution in [1.82, 2.24) is 5.32 Å². The lowest BCUT2D eigenvalue weighted by Gasteiger charge is -2.11. The van der Waals surface area contributed by atoms with Gasteiger partial charge in [0.15, 0.2) is 0 Å². The molecule has 0 spiro atoms. The number of halogens is 5. The molecule has 1 fully saturated rings. The van der Waals surface area contributed by atoms with Gasteiger partial charge < -0.3 is 10.6 Å². The molecule has 30 heavy (non-hydrogen) atoms. The lowest BCUT2D eigenvalue weighted by molar-refractivity contribution is -0.117. The molecule has 0 aromatic heterocycles. The van der Waals surface area contributed by atoms with Crippen LogP contribution in [-0.4, -0.2) is 22.7 Å². The van der Waals surface area contributed by atoms with Crippen molar-refractivity contribution in [3.05, 3.63) is 62.6 Å². The molecule has 0 saturated heterocycles. The highest BCUT2D eigenvalue weighted by molar-refractivity contribution is 6.53. The van der Waals surface area contributed by atoms with Crippen molar-refractivity contribution >= 4 is 75.5 Å². The number of carbonyl (C=O) groups excluding carboxylic acids is 2. The second-order valence-corrected chi connectivity index (χ2v) is 10.3. The molecule has 2 aromatic rings. The quantitative estimate of drug-likeness (QED) is 0.434. The van der Waals surface area contributed by atoms with Crippen molar-refractivity contribution in [3.8, 4) is 0 Å². The SMILES string of the molecule is CC(C)CNC(=O)c1cc(NC(=O)[C@H]2[C@H](c3cc(Cl)cc(Cl)c3)C2(Cl)Cl)ccc1Cl. The van der Waals surface area contributed by atoms with Crippen LogP contribution in [0.3, 0.4) is 0 Å². The summed E-state index contributed by atoms with van der Waals surface area (Å²) in [5.41, 5.74) is 1.37. The molecule has 4 nitrogen and oxygen atoms in total. The molecule has 0 aliphatic heterocycles. The van der Waals surface area contributed by atoms with Crippen LogP contribution in [0.5, 0.6) is 0 Å². The fourth-order valence-corrected chi connectivity index (χ4v) is 4.79. The highest BCUT2D eigenvalue weighted by Crippen LogP contribution is 2.65. The van der Waals surface area contributed by atoms with Gasteiger partial charge in [0, 0.05) is 28.2 Å². The van der Waals surface area contributed by atoms with Crippen LogP contribution in [0.4, 0.5) is 5.69 Å². The largest absolute Gasteiger partial charge is 0.352 e. The second-order valence-electron chi connectivity index (χ2n) is 7.62. The van der Waals surface area contributed by atoms with Crippen LogP contribution in [0, 0.1) is 11.8 Å². The summed E-state index contributed by atoms with van der Waals surface area (Å²) in [5.74, 6) is -1.56. The first-order valence-corrected chi connectivity index (χ1v) is 11.1. The molecule has 0 radical (unpaired) electrons. The zero-order valence-electron chi connectivity index (χ0n) is 16.1. The van der Waals surface area contributed by atoms with Crippen LogP contribution in [0.15, 0.2) is 36.4 Å². The first kappa shape index (κ1) is 23.5. The number of hydrogen-bond acceptors (Lipinski definition) is 2. The molecule has 160 valence electrons. The average molecular weight is 509 g/mol. The Morgan fingerprint density at radius 1 is 1.03 bits per heavy atom. The van der Waals surface area contributed by atoms with Crippen molar-refractivity contribution in [2.45, 2.75) is 24.1 Å². The van der Waals surface area contributed by atoms with Crippen LogP contribution >= 0.6 is 58.0 Å². The Bertz CT molecular complexity index is 973. The van der Waals surface area contributed by atoms with E-state index in [9.17, 15) is 9.59 Å². The van der Waals surface area contributed by atoms with Gasteiger partial charge in [0.05, 0.1) is 16.5 Å². The fourth-order valence-electron chi connectivity index (χ4n) is 3.21. The van der Waals surface area contributed by atoms with Crippen molar-refractivity contribution in [1.29, 1.82) is 0 Å². The minimum atomic E-state index is -1.29. The third-order valence-corrected chi connectivity index (χ3v) is 6.44. The molecular weight excluding hydrogens is 490 g/mol. The maximum Gasteiger partial charge on any atom is 0.252 e. The minimum absolute atomic E-state index is 0.270. The van der Waals surface area contributed by atoms with E-state index in [4.69, 9.17) is 58.0 Å². The van der Waals surface area contributed by atoms with E-state index in [-0.39, 0.29) is 22.4 Å². The molecule has 2 amide bonds. The van der Waals surface area contributed by atoms with Crippen LogP contribution in [0.2, 0.25) is 15.1 Å². The first-order chi connectivity index (χ1) is 14.0. The van der Waals surface area contributed by atoms with Crippen LogP contribution in [0.1, 0.15) is 35.7 Å². The molecule has 2 N–H and O–H groups in total. The number of rotatable bonds is 6. The Kier molecular flexibility index (Phi) is 7.15. The van der Waals surface area contributed by atoms with Gasteiger partial charge in [0.2, 0.25) is 5.91 Å². The standard InChI is InChI=1S/C21H19Cl5N2O2/c1-10(2)9-27-19(29)15-8-14(3-4-16(15)24)28-20(30)18-17(21(18,25)26)11-5-12(22)7-13(23)6-11/h3-8,10,17-18H,9H2,1-2H3,(H,27,29)(H,28,30)/t17-,18+/m0/s1. The smallest absolute Gasteiger partial charge is 0.252 e. The van der Waals surface area contributed by atoms with Gasteiger partial charge in [-0.15, -0.1) is 23.2 Å². The average Bonchev–Trinajstić information content (AvgIpc) is 3.22. The van der Waals surface area contributed by atoms with Gasteiger partial charge in [-0.3, -0.25) is 9.59 Å². The molecule has 9 heteroatoms. The predicted molar refractivity (Wildman–Crippen MR) is 124 cm³/mol. The van der Waals surface area contributed by atoms with E-state index in [0.717, 1.165) is 0 Å². The summed E-state index contributed by atoms with van der Waals surface area (Å²) in [7, 11) is 0. The number of benzene rings is 2. The van der Waals surface area contributed by atoms with Gasteiger partial charge in [0.1, 0.15) is 4.33 Å². The Hall–Kier alpha value is -1.17. The lowest BCUT2D eigenvalue weighted by atomic mass is 10.1. The van der Waals surface area contributed by atoms with Crippen molar-refractivity contribution < 1.29 is 9.59 Å². The number of nitrogens with one attached hydrogen (secondary N) is 2. The molecule has 1 aliphatic rings. The number of amides is 2. The normalized spacial score (nSPS) is 19.5. The molecule has 2 aromatic carbocycles. The molecule has 2 atom stereocenters. The molecule has 3 rings (SSSR count). The summed E-state index contributed by atoms with van der Waals surface area (Å²) in [6.45, 7) is 4.49. The molecule has 1 aliphatic carbocycles. The Morgan fingerprint density at radius 2 is 1.67 bits per heavy atom. The van der Waals surface area contributed by atoms with E-state index in [2.05, 4.69) is 10.6 Å². The van der Waals surface area contributed by atoms with E-state index in [1.165, 1.54) is 6.07 Å². The number of carbonyl (C=O) groups is 2. The number of anilines is 1. The van der Waals surface area contributed by atoms with E-state index >= 15 is 0 Å². The highest BCUT2D eigenvalue weighted by atomic mass is 35.5. The van der Waals surface area contributed by atoms with Crippen LogP contribution in [0.25, 0.3) is 0 Å². The van der Waals surface area contributed by atoms with Crippen molar-refractivity contribution in [3.63, 3.8) is 0 Å². The summed E-state index contributed by atoms with van der Waals surface area (Å²) < 4.78 is -1.29. The summed E-state index contributed by atoms with van der Waals surface area (Å²) in [6.07, 6.45) is 0.